The molecule has 4 nitrogen and oxygen atoms in total. The maximum absolute atomic E-state index is 12.0. The van der Waals surface area contributed by atoms with Crippen LogP contribution in [0, 0.1) is 17.8 Å². The van der Waals surface area contributed by atoms with Gasteiger partial charge in [0.2, 0.25) is 0 Å². The van der Waals surface area contributed by atoms with E-state index >= 15 is 0 Å². The van der Waals surface area contributed by atoms with Gasteiger partial charge in [-0.2, -0.15) is 0 Å². The molecular formula is C20H19NO3S. The fourth-order valence-corrected chi connectivity index (χ4v) is 4.67. The highest BCUT2D eigenvalue weighted by atomic mass is 32.1. The summed E-state index contributed by atoms with van der Waals surface area (Å²) in [6.45, 7) is 0. The Labute approximate surface area is 150 Å². The summed E-state index contributed by atoms with van der Waals surface area (Å²) >= 11 is 1.60. The third-order valence-corrected chi connectivity index (χ3v) is 6.01. The molecule has 1 atom stereocenters. The number of carbonyl (C=O) groups excluding carboxylic acids is 2. The summed E-state index contributed by atoms with van der Waals surface area (Å²) in [4.78, 5) is 28.2. The molecule has 25 heavy (non-hydrogen) atoms. The molecule has 1 aliphatic heterocycles. The van der Waals surface area contributed by atoms with Crippen LogP contribution in [0.2, 0.25) is 0 Å². The van der Waals surface area contributed by atoms with E-state index in [-0.39, 0.29) is 18.1 Å². The Hall–Kier alpha value is -2.19. The number of carbonyl (C=O) groups is 2. The average Bonchev–Trinajstić information content (AvgIpc) is 3.25. The molecule has 2 heterocycles. The second-order valence-electron chi connectivity index (χ2n) is 6.93. The summed E-state index contributed by atoms with van der Waals surface area (Å²) in [6.07, 6.45) is 4.91. The second kappa shape index (κ2) is 6.61. The average molecular weight is 353 g/mol. The minimum Gasteiger partial charge on any atom is -0.457 e. The molecule has 5 heteroatoms. The first-order valence-electron chi connectivity index (χ1n) is 8.70. The van der Waals surface area contributed by atoms with Crippen LogP contribution in [0.1, 0.15) is 50.5 Å². The first kappa shape index (κ1) is 16.3. The van der Waals surface area contributed by atoms with Crippen LogP contribution in [0.25, 0.3) is 10.2 Å². The molecule has 128 valence electrons. The number of esters is 1. The smallest absolute Gasteiger partial charge is 0.313 e. The van der Waals surface area contributed by atoms with Crippen molar-refractivity contribution >= 4 is 33.3 Å². The Morgan fingerprint density at radius 1 is 1.28 bits per heavy atom. The second-order valence-corrected chi connectivity index (χ2v) is 7.81. The van der Waals surface area contributed by atoms with Crippen molar-refractivity contribution in [2.45, 2.75) is 50.5 Å². The van der Waals surface area contributed by atoms with Crippen molar-refractivity contribution < 1.29 is 14.3 Å². The lowest BCUT2D eigenvalue weighted by Gasteiger charge is -2.39. The van der Waals surface area contributed by atoms with E-state index in [2.05, 4.69) is 16.8 Å². The number of cyclic esters (lactones) is 1. The fraction of sp³-hybridized carbons (Fsp3) is 0.450. The van der Waals surface area contributed by atoms with Gasteiger partial charge in [0, 0.05) is 17.9 Å². The van der Waals surface area contributed by atoms with Crippen LogP contribution in [0.3, 0.4) is 0 Å². The maximum atomic E-state index is 12.0. The van der Waals surface area contributed by atoms with Crippen LogP contribution in [0.15, 0.2) is 23.7 Å². The normalized spacial score (nSPS) is 24.2. The standard InChI is InChI=1S/C20H19NO3S/c22-16-11-19(23)24-20(12-16,15-5-1-2-6-15)9-3-4-14-7-8-18-17(10-14)21-13-25-18/h7-8,10,13,15H,1-2,5-6,9,11-12H2. The SMILES string of the molecule is O=C1CC(=O)OC(CC#Cc2ccc3scnc3c2)(C2CCCC2)C1. The highest BCUT2D eigenvalue weighted by Gasteiger charge is 2.47. The van der Waals surface area contributed by atoms with Crippen molar-refractivity contribution in [1.82, 2.24) is 4.98 Å². The van der Waals surface area contributed by atoms with Gasteiger partial charge in [-0.15, -0.1) is 11.3 Å². The lowest BCUT2D eigenvalue weighted by atomic mass is 9.77. The van der Waals surface area contributed by atoms with Crippen molar-refractivity contribution in [3.63, 3.8) is 0 Å². The number of hydrogen-bond acceptors (Lipinski definition) is 5. The van der Waals surface area contributed by atoms with Gasteiger partial charge < -0.3 is 4.74 Å². The van der Waals surface area contributed by atoms with Crippen LogP contribution >= 0.6 is 11.3 Å². The van der Waals surface area contributed by atoms with Crippen LogP contribution in [0.4, 0.5) is 0 Å². The monoisotopic (exact) mass is 353 g/mol. The van der Waals surface area contributed by atoms with Gasteiger partial charge >= 0.3 is 5.97 Å². The minimum atomic E-state index is -0.722. The predicted molar refractivity (Wildman–Crippen MR) is 96.1 cm³/mol. The van der Waals surface area contributed by atoms with Gasteiger partial charge in [-0.1, -0.05) is 24.7 Å². The number of Topliss-reactive ketones (excluding diaryl/α,β-unsaturated/α-hetero) is 1. The van der Waals surface area contributed by atoms with Gasteiger partial charge in [0.05, 0.1) is 22.1 Å². The topological polar surface area (TPSA) is 56.3 Å². The molecule has 2 aromatic rings. The van der Waals surface area contributed by atoms with E-state index in [1.54, 1.807) is 11.3 Å². The first-order chi connectivity index (χ1) is 12.1. The summed E-state index contributed by atoms with van der Waals surface area (Å²) in [6, 6.07) is 5.97. The van der Waals surface area contributed by atoms with E-state index in [1.165, 1.54) is 0 Å². The minimum absolute atomic E-state index is 0.0196. The Morgan fingerprint density at radius 3 is 2.92 bits per heavy atom. The highest BCUT2D eigenvalue weighted by molar-refractivity contribution is 7.16. The summed E-state index contributed by atoms with van der Waals surface area (Å²) in [5, 5.41) is 0. The molecule has 4 rings (SSSR count). The number of fused-ring (bicyclic) bond motifs is 1. The van der Waals surface area contributed by atoms with E-state index in [4.69, 9.17) is 4.74 Å². The Kier molecular flexibility index (Phi) is 4.30. The number of aromatic nitrogens is 1. The van der Waals surface area contributed by atoms with E-state index in [9.17, 15) is 9.59 Å². The molecule has 1 saturated carbocycles. The number of nitrogens with zero attached hydrogens (tertiary/aromatic N) is 1. The number of hydrogen-bond donors (Lipinski definition) is 0. The largest absolute Gasteiger partial charge is 0.457 e. The van der Waals surface area contributed by atoms with Gasteiger partial charge in [0.25, 0.3) is 0 Å². The molecule has 1 aromatic carbocycles. The Morgan fingerprint density at radius 2 is 2.12 bits per heavy atom. The van der Waals surface area contributed by atoms with E-state index < -0.39 is 11.6 Å². The van der Waals surface area contributed by atoms with Gasteiger partial charge in [-0.25, -0.2) is 4.98 Å². The number of thiazole rings is 1. The zero-order chi connectivity index (χ0) is 17.3. The molecule has 0 N–H and O–H groups in total. The molecule has 1 unspecified atom stereocenters. The van der Waals surface area contributed by atoms with Crippen LogP contribution in [-0.4, -0.2) is 22.3 Å². The van der Waals surface area contributed by atoms with Crippen LogP contribution < -0.4 is 0 Å². The zero-order valence-corrected chi connectivity index (χ0v) is 14.7. The Balaban J connectivity index is 1.58. The van der Waals surface area contributed by atoms with Crippen molar-refractivity contribution in [2.75, 3.05) is 0 Å². The summed E-state index contributed by atoms with van der Waals surface area (Å²) in [7, 11) is 0. The third-order valence-electron chi connectivity index (χ3n) is 5.20. The van der Waals surface area contributed by atoms with E-state index in [1.807, 2.05) is 23.7 Å². The molecule has 0 radical (unpaired) electrons. The molecule has 0 amide bonds. The molecule has 2 aliphatic rings. The lowest BCUT2D eigenvalue weighted by molar-refractivity contribution is -0.176. The summed E-state index contributed by atoms with van der Waals surface area (Å²) < 4.78 is 6.89. The lowest BCUT2D eigenvalue weighted by Crippen LogP contribution is -2.47. The van der Waals surface area contributed by atoms with Gasteiger partial charge in [0.1, 0.15) is 17.8 Å². The maximum Gasteiger partial charge on any atom is 0.313 e. The number of ether oxygens (including phenoxy) is 1. The number of ketones is 1. The van der Waals surface area contributed by atoms with Crippen molar-refractivity contribution in [3.8, 4) is 11.8 Å². The van der Waals surface area contributed by atoms with Crippen LogP contribution in [0.5, 0.6) is 0 Å². The molecule has 1 saturated heterocycles. The van der Waals surface area contributed by atoms with E-state index in [0.29, 0.717) is 12.8 Å². The molecule has 1 aliphatic carbocycles. The first-order valence-corrected chi connectivity index (χ1v) is 9.58. The number of benzene rings is 1. The summed E-state index contributed by atoms with van der Waals surface area (Å²) in [5.74, 6) is 6.18. The third kappa shape index (κ3) is 3.32. The molecule has 1 aromatic heterocycles. The van der Waals surface area contributed by atoms with Crippen molar-refractivity contribution in [2.24, 2.45) is 5.92 Å². The summed E-state index contributed by atoms with van der Waals surface area (Å²) in [5.41, 5.74) is 2.94. The highest BCUT2D eigenvalue weighted by Crippen LogP contribution is 2.43. The van der Waals surface area contributed by atoms with Crippen molar-refractivity contribution in [1.29, 1.82) is 0 Å². The van der Waals surface area contributed by atoms with Gasteiger partial charge in [-0.05, 0) is 31.0 Å². The number of rotatable bonds is 2. The van der Waals surface area contributed by atoms with Gasteiger partial charge in [-0.3, -0.25) is 9.59 Å². The van der Waals surface area contributed by atoms with E-state index in [0.717, 1.165) is 41.5 Å². The molecule has 2 fully saturated rings. The van der Waals surface area contributed by atoms with Gasteiger partial charge in [0.15, 0.2) is 0 Å². The van der Waals surface area contributed by atoms with Crippen molar-refractivity contribution in [3.05, 3.63) is 29.3 Å². The molecule has 0 bridgehead atoms. The Bertz CT molecular complexity index is 867. The zero-order valence-electron chi connectivity index (χ0n) is 13.9. The predicted octanol–water partition coefficient (Wildman–Crippen LogP) is 3.87. The molecule has 0 spiro atoms. The quantitative estimate of drug-likeness (QED) is 0.467. The fourth-order valence-electron chi connectivity index (χ4n) is 4.01. The van der Waals surface area contributed by atoms with Crippen LogP contribution in [-0.2, 0) is 14.3 Å². The molecular weight excluding hydrogens is 334 g/mol.